The minimum absolute atomic E-state index is 0.0146. The molecule has 27 heavy (non-hydrogen) atoms. The fraction of sp³-hybridized carbons (Fsp3) is 0.111. The molecule has 140 valence electrons. The fourth-order valence-corrected chi connectivity index (χ4v) is 3.73. The Kier molecular flexibility index (Phi) is 5.64. The van der Waals surface area contributed by atoms with Crippen LogP contribution >= 0.6 is 11.3 Å². The number of nitrogens with zero attached hydrogens (tertiary/aromatic N) is 1. The molecule has 0 fully saturated rings. The summed E-state index contributed by atoms with van der Waals surface area (Å²) in [5, 5.41) is 10.0. The van der Waals surface area contributed by atoms with Crippen LogP contribution < -0.4 is 10.5 Å². The second-order valence-electron chi connectivity index (χ2n) is 5.77. The Morgan fingerprint density at radius 2 is 1.85 bits per heavy atom. The lowest BCUT2D eigenvalue weighted by atomic mass is 10.2. The van der Waals surface area contributed by atoms with Crippen molar-refractivity contribution in [2.24, 2.45) is 5.14 Å². The van der Waals surface area contributed by atoms with E-state index in [1.807, 2.05) is 0 Å². The molecule has 6 nitrogen and oxygen atoms in total. The van der Waals surface area contributed by atoms with Crippen LogP contribution in [0.3, 0.4) is 0 Å². The van der Waals surface area contributed by atoms with Gasteiger partial charge in [0.05, 0.1) is 17.0 Å². The zero-order valence-corrected chi connectivity index (χ0v) is 15.7. The van der Waals surface area contributed by atoms with Crippen LogP contribution in [0, 0.1) is 5.82 Å². The first-order valence-corrected chi connectivity index (χ1v) is 10.3. The summed E-state index contributed by atoms with van der Waals surface area (Å²) in [5.41, 5.74) is 1.70. The Hall–Kier alpha value is -2.62. The number of nitrogens with two attached hydrogens (primary N) is 1. The number of aromatic nitrogens is 1. The molecule has 9 heteroatoms. The molecule has 1 aromatic heterocycles. The lowest BCUT2D eigenvalue weighted by Crippen LogP contribution is -2.24. The van der Waals surface area contributed by atoms with Crippen LogP contribution in [0.2, 0.25) is 0 Å². The standard InChI is InChI=1S/C18H16FN3O3S2/c19-16-4-2-1-3-15(16)18-22-13(11-26-18)9-17(23)21-10-12-5-7-14(8-6-12)27(20,24)25/h1-8,11H,9-10H2,(H,21,23)(H2,20,24,25). The highest BCUT2D eigenvalue weighted by Gasteiger charge is 2.12. The van der Waals surface area contributed by atoms with E-state index in [0.29, 0.717) is 16.3 Å². The minimum Gasteiger partial charge on any atom is -0.352 e. The summed E-state index contributed by atoms with van der Waals surface area (Å²) in [7, 11) is -3.74. The molecule has 0 unspecified atom stereocenters. The van der Waals surface area contributed by atoms with Crippen molar-refractivity contribution in [1.82, 2.24) is 10.3 Å². The molecule has 3 N–H and O–H groups in total. The third kappa shape index (κ3) is 4.97. The van der Waals surface area contributed by atoms with Gasteiger partial charge in [-0.3, -0.25) is 4.79 Å². The highest BCUT2D eigenvalue weighted by Crippen LogP contribution is 2.26. The molecule has 3 rings (SSSR count). The number of sulfonamides is 1. The van der Waals surface area contributed by atoms with E-state index < -0.39 is 10.0 Å². The summed E-state index contributed by atoms with van der Waals surface area (Å²) in [6.45, 7) is 0.244. The van der Waals surface area contributed by atoms with E-state index in [4.69, 9.17) is 5.14 Å². The number of nitrogens with one attached hydrogen (secondary N) is 1. The number of hydrogen-bond acceptors (Lipinski definition) is 5. The Bertz CT molecular complexity index is 1060. The van der Waals surface area contributed by atoms with Crippen molar-refractivity contribution < 1.29 is 17.6 Å². The monoisotopic (exact) mass is 405 g/mol. The highest BCUT2D eigenvalue weighted by molar-refractivity contribution is 7.89. The van der Waals surface area contributed by atoms with Crippen molar-refractivity contribution in [2.45, 2.75) is 17.9 Å². The molecule has 0 aliphatic carbocycles. The Balaban J connectivity index is 1.58. The quantitative estimate of drug-likeness (QED) is 0.658. The van der Waals surface area contributed by atoms with Gasteiger partial charge in [0, 0.05) is 17.5 Å². The first-order valence-electron chi connectivity index (χ1n) is 7.90. The number of amides is 1. The van der Waals surface area contributed by atoms with Crippen molar-refractivity contribution in [3.8, 4) is 10.6 Å². The topological polar surface area (TPSA) is 102 Å². The molecule has 0 aliphatic heterocycles. The summed E-state index contributed by atoms with van der Waals surface area (Å²) in [6, 6.07) is 12.3. The van der Waals surface area contributed by atoms with Gasteiger partial charge in [0.15, 0.2) is 0 Å². The van der Waals surface area contributed by atoms with Crippen LogP contribution in [-0.4, -0.2) is 19.3 Å². The van der Waals surface area contributed by atoms with Crippen molar-refractivity contribution in [3.05, 3.63) is 71.0 Å². The summed E-state index contributed by atoms with van der Waals surface area (Å²) in [4.78, 5) is 16.4. The number of rotatable bonds is 6. The van der Waals surface area contributed by atoms with Gasteiger partial charge in [0.1, 0.15) is 10.8 Å². The van der Waals surface area contributed by atoms with Crippen LogP contribution in [-0.2, 0) is 27.8 Å². The Morgan fingerprint density at radius 1 is 1.15 bits per heavy atom. The minimum atomic E-state index is -3.74. The first kappa shape index (κ1) is 19.2. The van der Waals surface area contributed by atoms with Gasteiger partial charge in [0.25, 0.3) is 0 Å². The number of halogens is 1. The van der Waals surface area contributed by atoms with E-state index in [-0.39, 0.29) is 29.6 Å². The number of carbonyl (C=O) groups excluding carboxylic acids is 1. The second kappa shape index (κ2) is 7.95. The lowest BCUT2D eigenvalue weighted by molar-refractivity contribution is -0.120. The number of primary sulfonamides is 1. The third-order valence-electron chi connectivity index (χ3n) is 3.74. The van der Waals surface area contributed by atoms with Gasteiger partial charge in [-0.25, -0.2) is 22.9 Å². The zero-order chi connectivity index (χ0) is 19.4. The summed E-state index contributed by atoms with van der Waals surface area (Å²) >= 11 is 1.28. The zero-order valence-electron chi connectivity index (χ0n) is 14.1. The maximum absolute atomic E-state index is 13.8. The smallest absolute Gasteiger partial charge is 0.238 e. The van der Waals surface area contributed by atoms with Crippen LogP contribution in [0.15, 0.2) is 58.8 Å². The second-order valence-corrected chi connectivity index (χ2v) is 8.19. The maximum atomic E-state index is 13.8. The van der Waals surface area contributed by atoms with Crippen molar-refractivity contribution in [1.29, 1.82) is 0 Å². The lowest BCUT2D eigenvalue weighted by Gasteiger charge is -2.05. The van der Waals surface area contributed by atoms with Crippen LogP contribution in [0.1, 0.15) is 11.3 Å². The van der Waals surface area contributed by atoms with Crippen molar-refractivity contribution in [3.63, 3.8) is 0 Å². The van der Waals surface area contributed by atoms with Gasteiger partial charge in [-0.05, 0) is 29.8 Å². The molecule has 0 saturated carbocycles. The van der Waals surface area contributed by atoms with E-state index in [9.17, 15) is 17.6 Å². The van der Waals surface area contributed by atoms with Crippen LogP contribution in [0.5, 0.6) is 0 Å². The van der Waals surface area contributed by atoms with Crippen molar-refractivity contribution in [2.75, 3.05) is 0 Å². The number of hydrogen-bond donors (Lipinski definition) is 2. The van der Waals surface area contributed by atoms with E-state index >= 15 is 0 Å². The molecular formula is C18H16FN3O3S2. The van der Waals surface area contributed by atoms with Gasteiger partial charge >= 0.3 is 0 Å². The molecule has 0 bridgehead atoms. The number of carbonyl (C=O) groups is 1. The van der Waals surface area contributed by atoms with Gasteiger partial charge in [-0.2, -0.15) is 0 Å². The third-order valence-corrected chi connectivity index (χ3v) is 5.59. The van der Waals surface area contributed by atoms with Crippen LogP contribution in [0.4, 0.5) is 4.39 Å². The molecule has 0 spiro atoms. The summed E-state index contributed by atoms with van der Waals surface area (Å²) < 4.78 is 36.2. The molecule has 1 amide bonds. The molecule has 3 aromatic rings. The predicted octanol–water partition coefficient (Wildman–Crippen LogP) is 2.46. The van der Waals surface area contributed by atoms with Crippen molar-refractivity contribution >= 4 is 27.3 Å². The maximum Gasteiger partial charge on any atom is 0.238 e. The van der Waals surface area contributed by atoms with E-state index in [1.54, 1.807) is 35.7 Å². The van der Waals surface area contributed by atoms with Gasteiger partial charge in [-0.1, -0.05) is 24.3 Å². The molecule has 0 saturated heterocycles. The highest BCUT2D eigenvalue weighted by atomic mass is 32.2. The summed E-state index contributed by atoms with van der Waals surface area (Å²) in [6.07, 6.45) is 0.0697. The first-order chi connectivity index (χ1) is 12.8. The molecule has 0 radical (unpaired) electrons. The average Bonchev–Trinajstić information content (AvgIpc) is 3.08. The largest absolute Gasteiger partial charge is 0.352 e. The van der Waals surface area contributed by atoms with E-state index in [1.165, 1.54) is 29.5 Å². The van der Waals surface area contributed by atoms with Gasteiger partial charge < -0.3 is 5.32 Å². The van der Waals surface area contributed by atoms with E-state index in [2.05, 4.69) is 10.3 Å². The Morgan fingerprint density at radius 3 is 2.52 bits per heavy atom. The number of thiazole rings is 1. The molecule has 0 atom stereocenters. The normalized spacial score (nSPS) is 11.3. The molecule has 1 heterocycles. The Labute approximate surface area is 159 Å². The fourth-order valence-electron chi connectivity index (χ4n) is 2.37. The predicted molar refractivity (Wildman–Crippen MR) is 101 cm³/mol. The molecule has 2 aromatic carbocycles. The average molecular weight is 405 g/mol. The number of benzene rings is 2. The summed E-state index contributed by atoms with van der Waals surface area (Å²) in [5.74, 6) is -0.596. The van der Waals surface area contributed by atoms with E-state index in [0.717, 1.165) is 5.56 Å². The molecule has 0 aliphatic rings. The SMILES string of the molecule is NS(=O)(=O)c1ccc(CNC(=O)Cc2csc(-c3ccccc3F)n2)cc1. The molecular weight excluding hydrogens is 389 g/mol. The van der Waals surface area contributed by atoms with Crippen LogP contribution in [0.25, 0.3) is 10.6 Å². The van der Waals surface area contributed by atoms with Gasteiger partial charge in [-0.15, -0.1) is 11.3 Å². The van der Waals surface area contributed by atoms with Gasteiger partial charge in [0.2, 0.25) is 15.9 Å².